The zero-order valence-electron chi connectivity index (χ0n) is 16.9. The van der Waals surface area contributed by atoms with E-state index in [9.17, 15) is 0 Å². The molecule has 0 atom stereocenters. The molecular formula is C24H24ClNO4. The van der Waals surface area contributed by atoms with Gasteiger partial charge in [0.15, 0.2) is 23.0 Å². The summed E-state index contributed by atoms with van der Waals surface area (Å²) in [4.78, 5) is 4.56. The van der Waals surface area contributed by atoms with Crippen LogP contribution in [-0.2, 0) is 12.8 Å². The minimum atomic E-state index is -0.224. The first kappa shape index (κ1) is 20.6. The Balaban J connectivity index is 1.52. The maximum Gasteiger partial charge on any atom is 0.195 e. The molecule has 2 aromatic carbocycles. The van der Waals surface area contributed by atoms with Crippen LogP contribution in [-0.4, -0.2) is 29.9 Å². The number of nitrogens with zero attached hydrogens (tertiary/aromatic N) is 1. The molecule has 0 spiro atoms. The molecular weight excluding hydrogens is 402 g/mol. The van der Waals surface area contributed by atoms with Gasteiger partial charge in [-0.15, -0.1) is 0 Å². The lowest BCUT2D eigenvalue weighted by molar-refractivity contribution is 0.200. The Kier molecular flexibility index (Phi) is 6.47. The number of rotatable bonds is 6. The second-order valence-electron chi connectivity index (χ2n) is 7.38. The van der Waals surface area contributed by atoms with Gasteiger partial charge < -0.3 is 19.0 Å². The number of oxazole rings is 1. The highest BCUT2D eigenvalue weighted by Crippen LogP contribution is 2.33. The van der Waals surface area contributed by atoms with Crippen LogP contribution in [0.15, 0.2) is 34.7 Å². The van der Waals surface area contributed by atoms with Crippen molar-refractivity contribution in [2.75, 3.05) is 13.7 Å². The summed E-state index contributed by atoms with van der Waals surface area (Å²) in [5.41, 5.74) is 3.02. The first-order chi connectivity index (χ1) is 14.7. The summed E-state index contributed by atoms with van der Waals surface area (Å²) >= 11 is 6.16. The van der Waals surface area contributed by atoms with Gasteiger partial charge in [0.25, 0.3) is 0 Å². The topological polar surface area (TPSA) is 64.7 Å². The van der Waals surface area contributed by atoms with Crippen molar-refractivity contribution >= 4 is 22.7 Å². The molecule has 1 fully saturated rings. The first-order valence-corrected chi connectivity index (χ1v) is 10.6. The molecule has 1 aliphatic rings. The molecule has 4 rings (SSSR count). The van der Waals surface area contributed by atoms with Gasteiger partial charge in [-0.05, 0) is 61.9 Å². The van der Waals surface area contributed by atoms with Gasteiger partial charge in [0, 0.05) is 11.4 Å². The maximum atomic E-state index is 8.96. The Morgan fingerprint density at radius 2 is 2.00 bits per heavy atom. The minimum Gasteiger partial charge on any atom is -0.493 e. The zero-order valence-corrected chi connectivity index (χ0v) is 17.7. The third-order valence-corrected chi connectivity index (χ3v) is 5.47. The van der Waals surface area contributed by atoms with Crippen LogP contribution >= 0.6 is 11.6 Å². The summed E-state index contributed by atoms with van der Waals surface area (Å²) in [6.07, 6.45) is 6.30. The van der Waals surface area contributed by atoms with E-state index in [0.717, 1.165) is 36.3 Å². The predicted molar refractivity (Wildman–Crippen MR) is 116 cm³/mol. The first-order valence-electron chi connectivity index (χ1n) is 10.2. The highest BCUT2D eigenvalue weighted by Gasteiger charge is 2.19. The summed E-state index contributed by atoms with van der Waals surface area (Å²) in [6.45, 7) is -0.224. The summed E-state index contributed by atoms with van der Waals surface area (Å²) in [6, 6.07) is 9.52. The predicted octanol–water partition coefficient (Wildman–Crippen LogP) is 4.94. The number of halogens is 1. The Morgan fingerprint density at radius 3 is 2.77 bits per heavy atom. The number of hydrogen-bond acceptors (Lipinski definition) is 5. The van der Waals surface area contributed by atoms with Gasteiger partial charge in [-0.1, -0.05) is 29.5 Å². The standard InChI is InChI=1S/C24H24ClNO4/c1-28-21-10-8-16(13-22(21)29-19-6-2-3-7-19)9-11-23-26-20-15-18(25)14-17(5-4-12-27)24(20)30-23/h8,10,13-15,19,27H,2-3,6-7,9,11-12H2,1H3. The molecule has 1 heterocycles. The number of fused-ring (bicyclic) bond motifs is 1. The van der Waals surface area contributed by atoms with Crippen molar-refractivity contribution in [2.24, 2.45) is 0 Å². The van der Waals surface area contributed by atoms with Crippen molar-refractivity contribution in [1.82, 2.24) is 4.98 Å². The average molecular weight is 426 g/mol. The van der Waals surface area contributed by atoms with Gasteiger partial charge in [0.1, 0.15) is 12.1 Å². The summed E-state index contributed by atoms with van der Waals surface area (Å²) in [7, 11) is 1.66. The normalized spacial score (nSPS) is 14.0. The fourth-order valence-corrected chi connectivity index (χ4v) is 4.00. The molecule has 6 heteroatoms. The number of aryl methyl sites for hydroxylation is 2. The van der Waals surface area contributed by atoms with Gasteiger partial charge in [-0.2, -0.15) is 0 Å². The molecule has 1 saturated carbocycles. The quantitative estimate of drug-likeness (QED) is 0.566. The molecule has 0 radical (unpaired) electrons. The van der Waals surface area contributed by atoms with E-state index in [1.165, 1.54) is 12.8 Å². The van der Waals surface area contributed by atoms with Crippen molar-refractivity contribution in [3.05, 3.63) is 52.4 Å². The second kappa shape index (κ2) is 9.42. The SMILES string of the molecule is COc1ccc(CCc2nc3cc(Cl)cc(C#CCO)c3o2)cc1OC1CCCC1. The van der Waals surface area contributed by atoms with Crippen LogP contribution in [0.25, 0.3) is 11.1 Å². The van der Waals surface area contributed by atoms with E-state index < -0.39 is 0 Å². The molecule has 1 aliphatic carbocycles. The number of aromatic nitrogens is 1. The molecule has 0 bridgehead atoms. The fraction of sp³-hybridized carbons (Fsp3) is 0.375. The Bertz CT molecular complexity index is 1090. The molecule has 5 nitrogen and oxygen atoms in total. The molecule has 0 unspecified atom stereocenters. The molecule has 0 amide bonds. The summed E-state index contributed by atoms with van der Waals surface area (Å²) in [5, 5.41) is 9.50. The Labute approximate surface area is 181 Å². The van der Waals surface area contributed by atoms with Crippen LogP contribution in [0.2, 0.25) is 5.02 Å². The van der Waals surface area contributed by atoms with Crippen LogP contribution in [0, 0.1) is 11.8 Å². The van der Waals surface area contributed by atoms with Crippen LogP contribution in [0.1, 0.15) is 42.7 Å². The number of ether oxygens (including phenoxy) is 2. The van der Waals surface area contributed by atoms with E-state index in [2.05, 4.69) is 22.9 Å². The van der Waals surface area contributed by atoms with Gasteiger partial charge in [-0.25, -0.2) is 4.98 Å². The maximum absolute atomic E-state index is 8.96. The molecule has 3 aromatic rings. The third kappa shape index (κ3) is 4.72. The molecule has 156 valence electrons. The molecule has 1 aromatic heterocycles. The van der Waals surface area contributed by atoms with E-state index >= 15 is 0 Å². The van der Waals surface area contributed by atoms with E-state index in [1.54, 1.807) is 19.2 Å². The van der Waals surface area contributed by atoms with E-state index in [4.69, 9.17) is 30.6 Å². The van der Waals surface area contributed by atoms with Crippen LogP contribution in [0.5, 0.6) is 11.5 Å². The van der Waals surface area contributed by atoms with Gasteiger partial charge in [-0.3, -0.25) is 0 Å². The van der Waals surface area contributed by atoms with E-state index in [-0.39, 0.29) is 12.7 Å². The Morgan fingerprint density at radius 1 is 1.17 bits per heavy atom. The summed E-state index contributed by atoms with van der Waals surface area (Å²) < 4.78 is 17.6. The van der Waals surface area contributed by atoms with Crippen molar-refractivity contribution < 1.29 is 19.0 Å². The van der Waals surface area contributed by atoms with Crippen LogP contribution in [0.4, 0.5) is 0 Å². The lowest BCUT2D eigenvalue weighted by Gasteiger charge is -2.16. The van der Waals surface area contributed by atoms with Gasteiger partial charge >= 0.3 is 0 Å². The number of benzene rings is 2. The highest BCUT2D eigenvalue weighted by atomic mass is 35.5. The Hall–Kier alpha value is -2.68. The van der Waals surface area contributed by atoms with Crippen LogP contribution in [0.3, 0.4) is 0 Å². The molecule has 30 heavy (non-hydrogen) atoms. The second-order valence-corrected chi connectivity index (χ2v) is 7.82. The van der Waals surface area contributed by atoms with Gasteiger partial charge in [0.05, 0.1) is 18.8 Å². The third-order valence-electron chi connectivity index (χ3n) is 5.25. The van der Waals surface area contributed by atoms with E-state index in [1.807, 2.05) is 12.1 Å². The van der Waals surface area contributed by atoms with Gasteiger partial charge in [0.2, 0.25) is 0 Å². The highest BCUT2D eigenvalue weighted by molar-refractivity contribution is 6.31. The zero-order chi connectivity index (χ0) is 20.9. The van der Waals surface area contributed by atoms with Crippen molar-refractivity contribution in [3.63, 3.8) is 0 Å². The monoisotopic (exact) mass is 425 g/mol. The molecule has 1 N–H and O–H groups in total. The number of aliphatic hydroxyl groups excluding tert-OH is 1. The minimum absolute atomic E-state index is 0.224. The number of hydrogen-bond donors (Lipinski definition) is 1. The lowest BCUT2D eigenvalue weighted by Crippen LogP contribution is -2.11. The van der Waals surface area contributed by atoms with Crippen molar-refractivity contribution in [1.29, 1.82) is 0 Å². The number of methoxy groups -OCH3 is 1. The lowest BCUT2D eigenvalue weighted by atomic mass is 10.1. The largest absolute Gasteiger partial charge is 0.493 e. The van der Waals surface area contributed by atoms with Crippen LogP contribution < -0.4 is 9.47 Å². The fourth-order valence-electron chi connectivity index (χ4n) is 3.78. The average Bonchev–Trinajstić information content (AvgIpc) is 3.40. The number of aliphatic hydroxyl groups is 1. The van der Waals surface area contributed by atoms with Crippen molar-refractivity contribution in [3.8, 4) is 23.3 Å². The van der Waals surface area contributed by atoms with Crippen molar-refractivity contribution in [2.45, 2.75) is 44.6 Å². The molecule has 0 saturated heterocycles. The molecule has 0 aliphatic heterocycles. The van der Waals surface area contributed by atoms with E-state index in [0.29, 0.717) is 34.0 Å². The smallest absolute Gasteiger partial charge is 0.195 e. The summed E-state index contributed by atoms with van der Waals surface area (Å²) in [5.74, 6) is 7.68.